The highest BCUT2D eigenvalue weighted by Gasteiger charge is 2.45. The fourth-order valence-corrected chi connectivity index (χ4v) is 5.56. The van der Waals surface area contributed by atoms with Crippen molar-refractivity contribution >= 4 is 21.6 Å². The molecule has 2 heteroatoms. The van der Waals surface area contributed by atoms with E-state index in [-0.39, 0.29) is 10.8 Å². The zero-order valence-electron chi connectivity index (χ0n) is 15.6. The Morgan fingerprint density at radius 1 is 0.654 bits per heavy atom. The Bertz CT molecular complexity index is 1020. The van der Waals surface area contributed by atoms with Crippen molar-refractivity contribution < 1.29 is 0 Å². The van der Waals surface area contributed by atoms with Crippen LogP contribution in [0.5, 0.6) is 0 Å². The van der Waals surface area contributed by atoms with E-state index in [2.05, 4.69) is 86.1 Å². The van der Waals surface area contributed by atoms with Crippen LogP contribution in [0.15, 0.2) is 53.0 Å². The predicted octanol–water partition coefficient (Wildman–Crippen LogP) is 6.64. The third-order valence-corrected chi connectivity index (χ3v) is 6.90. The van der Waals surface area contributed by atoms with E-state index >= 15 is 0 Å². The minimum Gasteiger partial charge on any atom is -0.399 e. The standard InChI is InChI=1S/C24H22BrN/c1-23(2)19-11-13(25)5-7-15(19)17-9-10-18-16-8-6-14(26)12-20(16)24(3,4)22(18)21(17)23/h5-12H,26H2,1-4H3. The van der Waals surface area contributed by atoms with Gasteiger partial charge in [0.2, 0.25) is 0 Å². The average Bonchev–Trinajstić information content (AvgIpc) is 2.94. The van der Waals surface area contributed by atoms with Crippen LogP contribution >= 0.6 is 15.9 Å². The SMILES string of the molecule is CC1(C)c2cc(N)ccc2-c2ccc3c(c21)C(C)(C)c1cc(Br)ccc1-3. The summed E-state index contributed by atoms with van der Waals surface area (Å²) in [5.74, 6) is 0. The van der Waals surface area contributed by atoms with Crippen LogP contribution in [0.3, 0.4) is 0 Å². The summed E-state index contributed by atoms with van der Waals surface area (Å²) >= 11 is 3.66. The lowest BCUT2D eigenvalue weighted by Gasteiger charge is -2.30. The molecule has 2 aliphatic carbocycles. The van der Waals surface area contributed by atoms with Crippen molar-refractivity contribution in [2.45, 2.75) is 38.5 Å². The summed E-state index contributed by atoms with van der Waals surface area (Å²) in [7, 11) is 0. The molecule has 0 aliphatic heterocycles. The Morgan fingerprint density at radius 3 is 1.69 bits per heavy atom. The Morgan fingerprint density at radius 2 is 1.12 bits per heavy atom. The zero-order chi connectivity index (χ0) is 18.4. The molecule has 5 rings (SSSR count). The first-order valence-corrected chi connectivity index (χ1v) is 9.91. The van der Waals surface area contributed by atoms with E-state index < -0.39 is 0 Å². The van der Waals surface area contributed by atoms with Gasteiger partial charge in [0.05, 0.1) is 0 Å². The first kappa shape index (κ1) is 16.1. The van der Waals surface area contributed by atoms with E-state index in [0.29, 0.717) is 0 Å². The van der Waals surface area contributed by atoms with Gasteiger partial charge < -0.3 is 5.73 Å². The van der Waals surface area contributed by atoms with E-state index in [1.807, 2.05) is 6.07 Å². The molecule has 2 aliphatic rings. The van der Waals surface area contributed by atoms with Crippen LogP contribution < -0.4 is 5.73 Å². The van der Waals surface area contributed by atoms with Gasteiger partial charge in [0.15, 0.2) is 0 Å². The quantitative estimate of drug-likeness (QED) is 0.418. The number of hydrogen-bond acceptors (Lipinski definition) is 1. The molecule has 0 fully saturated rings. The van der Waals surface area contributed by atoms with Gasteiger partial charge in [-0.05, 0) is 68.8 Å². The molecule has 0 amide bonds. The number of nitrogen functional groups attached to an aromatic ring is 1. The van der Waals surface area contributed by atoms with Crippen LogP contribution in [-0.2, 0) is 10.8 Å². The molecule has 0 bridgehead atoms. The van der Waals surface area contributed by atoms with Crippen LogP contribution in [0, 0.1) is 0 Å². The average molecular weight is 404 g/mol. The van der Waals surface area contributed by atoms with Gasteiger partial charge in [0.25, 0.3) is 0 Å². The number of halogens is 1. The maximum absolute atomic E-state index is 6.13. The number of benzene rings is 3. The minimum atomic E-state index is -0.0536. The Hall–Kier alpha value is -2.06. The third kappa shape index (κ3) is 1.81. The molecule has 0 saturated carbocycles. The third-order valence-electron chi connectivity index (χ3n) is 6.41. The number of fused-ring (bicyclic) bond motifs is 7. The van der Waals surface area contributed by atoms with Crippen molar-refractivity contribution in [3.8, 4) is 22.3 Å². The van der Waals surface area contributed by atoms with Gasteiger partial charge in [0, 0.05) is 21.0 Å². The van der Waals surface area contributed by atoms with E-state index in [4.69, 9.17) is 5.73 Å². The summed E-state index contributed by atoms with van der Waals surface area (Å²) in [6.07, 6.45) is 0. The van der Waals surface area contributed by atoms with Gasteiger partial charge in [-0.15, -0.1) is 0 Å². The molecule has 0 heterocycles. The van der Waals surface area contributed by atoms with Gasteiger partial charge >= 0.3 is 0 Å². The predicted molar refractivity (Wildman–Crippen MR) is 114 cm³/mol. The molecule has 0 aromatic heterocycles. The summed E-state index contributed by atoms with van der Waals surface area (Å²) in [5, 5.41) is 0. The molecule has 3 aromatic rings. The fraction of sp³-hybridized carbons (Fsp3) is 0.250. The van der Waals surface area contributed by atoms with Gasteiger partial charge in [-0.3, -0.25) is 0 Å². The van der Waals surface area contributed by atoms with Crippen LogP contribution in [0.2, 0.25) is 0 Å². The highest BCUT2D eigenvalue weighted by molar-refractivity contribution is 9.10. The maximum Gasteiger partial charge on any atom is 0.0317 e. The zero-order valence-corrected chi connectivity index (χ0v) is 17.2. The number of anilines is 1. The Labute approximate surface area is 163 Å². The van der Waals surface area contributed by atoms with Crippen LogP contribution in [0.4, 0.5) is 5.69 Å². The van der Waals surface area contributed by atoms with Gasteiger partial charge in [-0.2, -0.15) is 0 Å². The van der Waals surface area contributed by atoms with E-state index in [0.717, 1.165) is 10.2 Å². The van der Waals surface area contributed by atoms with E-state index in [1.165, 1.54) is 44.5 Å². The lowest BCUT2D eigenvalue weighted by molar-refractivity contribution is 0.601. The largest absolute Gasteiger partial charge is 0.399 e. The molecule has 2 N–H and O–H groups in total. The van der Waals surface area contributed by atoms with Crippen molar-refractivity contribution in [2.24, 2.45) is 0 Å². The molecule has 1 nitrogen and oxygen atoms in total. The minimum absolute atomic E-state index is 0.0232. The molecular formula is C24H22BrN. The summed E-state index contributed by atoms with van der Waals surface area (Å²) < 4.78 is 1.14. The molecule has 0 atom stereocenters. The van der Waals surface area contributed by atoms with E-state index in [1.54, 1.807) is 0 Å². The van der Waals surface area contributed by atoms with Gasteiger partial charge in [-0.25, -0.2) is 0 Å². The van der Waals surface area contributed by atoms with Crippen molar-refractivity contribution in [3.63, 3.8) is 0 Å². The first-order chi connectivity index (χ1) is 12.2. The maximum atomic E-state index is 6.13. The van der Waals surface area contributed by atoms with Gasteiger partial charge in [-0.1, -0.05) is 67.9 Å². The number of nitrogens with two attached hydrogens (primary N) is 1. The second kappa shape index (κ2) is 4.80. The van der Waals surface area contributed by atoms with Crippen molar-refractivity contribution in [1.82, 2.24) is 0 Å². The molecule has 0 saturated heterocycles. The van der Waals surface area contributed by atoms with Gasteiger partial charge in [0.1, 0.15) is 0 Å². The summed E-state index contributed by atoms with van der Waals surface area (Å²) in [6, 6.07) is 17.7. The molecular weight excluding hydrogens is 382 g/mol. The van der Waals surface area contributed by atoms with Crippen LogP contribution in [0.25, 0.3) is 22.3 Å². The Kier molecular flexibility index (Phi) is 2.98. The molecule has 0 radical (unpaired) electrons. The van der Waals surface area contributed by atoms with Crippen LogP contribution in [-0.4, -0.2) is 0 Å². The molecule has 26 heavy (non-hydrogen) atoms. The van der Waals surface area contributed by atoms with Crippen molar-refractivity contribution in [2.75, 3.05) is 5.73 Å². The first-order valence-electron chi connectivity index (χ1n) is 9.11. The highest BCUT2D eigenvalue weighted by Crippen LogP contribution is 2.59. The Balaban J connectivity index is 1.89. The summed E-state index contributed by atoms with van der Waals surface area (Å²) in [5.41, 5.74) is 18.0. The topological polar surface area (TPSA) is 26.0 Å². The molecule has 0 spiro atoms. The molecule has 130 valence electrons. The second-order valence-electron chi connectivity index (χ2n) is 8.66. The summed E-state index contributed by atoms with van der Waals surface area (Å²) in [4.78, 5) is 0. The highest BCUT2D eigenvalue weighted by atomic mass is 79.9. The lowest BCUT2D eigenvalue weighted by atomic mass is 9.72. The number of rotatable bonds is 0. The smallest absolute Gasteiger partial charge is 0.0317 e. The fourth-order valence-electron chi connectivity index (χ4n) is 5.20. The van der Waals surface area contributed by atoms with Crippen molar-refractivity contribution in [1.29, 1.82) is 0 Å². The van der Waals surface area contributed by atoms with Crippen LogP contribution in [0.1, 0.15) is 49.9 Å². The van der Waals surface area contributed by atoms with E-state index in [9.17, 15) is 0 Å². The second-order valence-corrected chi connectivity index (χ2v) is 9.57. The monoisotopic (exact) mass is 403 g/mol. The number of hydrogen-bond donors (Lipinski definition) is 1. The molecule has 0 unspecified atom stereocenters. The summed E-state index contributed by atoms with van der Waals surface area (Å²) in [6.45, 7) is 9.40. The normalized spacial score (nSPS) is 17.4. The molecule has 3 aromatic carbocycles. The lowest BCUT2D eigenvalue weighted by Crippen LogP contribution is -2.24. The van der Waals surface area contributed by atoms with Crippen molar-refractivity contribution in [3.05, 3.63) is 75.3 Å².